The zero-order valence-corrected chi connectivity index (χ0v) is 20.4. The van der Waals surface area contributed by atoms with E-state index in [2.05, 4.69) is 22.1 Å². The third-order valence-electron chi connectivity index (χ3n) is 4.34. The largest absolute Gasteiger partial charge is 0.491 e. The molecule has 10 heteroatoms. The number of methoxy groups -OCH3 is 1. The lowest BCUT2D eigenvalue weighted by Gasteiger charge is -2.06. The lowest BCUT2D eigenvalue weighted by Crippen LogP contribution is -2.04. The first-order valence-corrected chi connectivity index (χ1v) is 11.2. The average molecular weight is 521 g/mol. The number of nitrogens with one attached hydrogen (secondary N) is 1. The Morgan fingerprint density at radius 2 is 1.88 bits per heavy atom. The van der Waals surface area contributed by atoms with Crippen molar-refractivity contribution in [3.8, 4) is 35.1 Å². The Morgan fingerprint density at radius 3 is 2.62 bits per heavy atom. The summed E-state index contributed by atoms with van der Waals surface area (Å²) in [5.74, 6) is 6.88. The van der Waals surface area contributed by atoms with Gasteiger partial charge in [0.05, 0.1) is 35.4 Å². The Bertz CT molecular complexity index is 1210. The summed E-state index contributed by atoms with van der Waals surface area (Å²) in [7, 11) is 1.63. The molecule has 0 amide bonds. The van der Waals surface area contributed by atoms with Gasteiger partial charge in [-0.25, -0.2) is 0 Å². The van der Waals surface area contributed by atoms with Crippen LogP contribution >= 0.6 is 34.8 Å². The van der Waals surface area contributed by atoms with Gasteiger partial charge in [-0.05, 0) is 29.8 Å². The van der Waals surface area contributed by atoms with Gasteiger partial charge >= 0.3 is 0 Å². The van der Waals surface area contributed by atoms with Crippen molar-refractivity contribution in [2.45, 2.75) is 6.61 Å². The minimum absolute atomic E-state index is 0.0647. The summed E-state index contributed by atoms with van der Waals surface area (Å²) >= 11 is 18.3. The van der Waals surface area contributed by atoms with Crippen molar-refractivity contribution in [3.63, 3.8) is 0 Å². The van der Waals surface area contributed by atoms with Gasteiger partial charge in [0.1, 0.15) is 25.0 Å². The second-order valence-electron chi connectivity index (χ2n) is 6.74. The maximum Gasteiger partial charge on any atom is 0.233 e. The van der Waals surface area contributed by atoms with Crippen LogP contribution in [0, 0.1) is 23.2 Å². The van der Waals surface area contributed by atoms with Gasteiger partial charge in [0.2, 0.25) is 17.5 Å². The zero-order chi connectivity index (χ0) is 24.3. The van der Waals surface area contributed by atoms with Crippen LogP contribution in [0.25, 0.3) is 11.5 Å². The van der Waals surface area contributed by atoms with Crippen molar-refractivity contribution in [3.05, 3.63) is 62.7 Å². The fourth-order valence-electron chi connectivity index (χ4n) is 2.73. The molecule has 0 saturated heterocycles. The van der Waals surface area contributed by atoms with Crippen LogP contribution < -0.4 is 10.1 Å². The molecule has 1 heterocycles. The summed E-state index contributed by atoms with van der Waals surface area (Å²) < 4.78 is 21.7. The third-order valence-corrected chi connectivity index (χ3v) is 5.36. The molecule has 0 aliphatic carbocycles. The van der Waals surface area contributed by atoms with Crippen LogP contribution in [0.1, 0.15) is 11.3 Å². The first-order valence-electron chi connectivity index (χ1n) is 10.1. The Hall–Kier alpha value is -2.91. The predicted octanol–water partition coefficient (Wildman–Crippen LogP) is 5.83. The molecule has 0 aliphatic rings. The summed E-state index contributed by atoms with van der Waals surface area (Å²) in [4.78, 5) is 4.15. The number of nitrogens with zero attached hydrogens (tertiary/aromatic N) is 2. The van der Waals surface area contributed by atoms with Crippen molar-refractivity contribution in [1.82, 2.24) is 4.98 Å². The number of oxazole rings is 1. The third kappa shape index (κ3) is 7.30. The van der Waals surface area contributed by atoms with Crippen molar-refractivity contribution in [1.29, 1.82) is 5.26 Å². The van der Waals surface area contributed by atoms with Gasteiger partial charge in [-0.1, -0.05) is 58.8 Å². The Morgan fingerprint density at radius 1 is 1.09 bits per heavy atom. The fraction of sp³-hybridized carbons (Fsp3) is 0.250. The first kappa shape index (κ1) is 25.7. The molecular weight excluding hydrogens is 501 g/mol. The van der Waals surface area contributed by atoms with Gasteiger partial charge in [-0.15, -0.1) is 0 Å². The van der Waals surface area contributed by atoms with Crippen molar-refractivity contribution >= 4 is 40.7 Å². The van der Waals surface area contributed by atoms with Gasteiger partial charge in [-0.3, -0.25) is 0 Å². The molecule has 3 aromatic rings. The summed E-state index contributed by atoms with van der Waals surface area (Å²) in [5, 5.41) is 13.1. The highest BCUT2D eigenvalue weighted by atomic mass is 35.5. The first-order chi connectivity index (χ1) is 16.5. The van der Waals surface area contributed by atoms with Gasteiger partial charge in [-0.2, -0.15) is 10.2 Å². The van der Waals surface area contributed by atoms with Crippen LogP contribution in [0.3, 0.4) is 0 Å². The van der Waals surface area contributed by atoms with Crippen LogP contribution in [0.4, 0.5) is 5.88 Å². The van der Waals surface area contributed by atoms with E-state index >= 15 is 0 Å². The number of ether oxygens (including phenoxy) is 3. The molecule has 0 radical (unpaired) electrons. The average Bonchev–Trinajstić information content (AvgIpc) is 3.25. The molecule has 3 rings (SSSR count). The zero-order valence-electron chi connectivity index (χ0n) is 18.2. The minimum Gasteiger partial charge on any atom is -0.491 e. The molecule has 0 atom stereocenters. The van der Waals surface area contributed by atoms with E-state index in [1.54, 1.807) is 13.2 Å². The number of nitriles is 1. The number of anilines is 1. The maximum atomic E-state index is 9.34. The van der Waals surface area contributed by atoms with Crippen molar-refractivity contribution < 1.29 is 18.6 Å². The highest BCUT2D eigenvalue weighted by Crippen LogP contribution is 2.37. The molecule has 34 heavy (non-hydrogen) atoms. The van der Waals surface area contributed by atoms with Gasteiger partial charge in [0, 0.05) is 12.1 Å². The van der Waals surface area contributed by atoms with E-state index in [9.17, 15) is 5.26 Å². The number of rotatable bonds is 10. The number of halogens is 3. The summed E-state index contributed by atoms with van der Waals surface area (Å²) in [5.41, 5.74) is 1.46. The summed E-state index contributed by atoms with van der Waals surface area (Å²) in [6.07, 6.45) is 0. The molecule has 0 spiro atoms. The number of hydrogen-bond acceptors (Lipinski definition) is 7. The molecule has 0 fully saturated rings. The SMILES string of the molecule is COCCOc1ccc(COCC#CCNc2oc(-c3cc(Cl)cc(Cl)c3Cl)nc2C#N)cc1. The van der Waals surface area contributed by atoms with Crippen LogP contribution in [0.2, 0.25) is 15.1 Å². The molecule has 0 saturated carbocycles. The lowest BCUT2D eigenvalue weighted by atomic mass is 10.2. The summed E-state index contributed by atoms with van der Waals surface area (Å²) in [6.45, 7) is 1.94. The number of hydrogen-bond donors (Lipinski definition) is 1. The van der Waals surface area contributed by atoms with Gasteiger partial charge in [0.25, 0.3) is 0 Å². The van der Waals surface area contributed by atoms with Gasteiger partial charge in [0.15, 0.2) is 0 Å². The Labute approximate surface area is 212 Å². The molecule has 2 aromatic carbocycles. The topological polar surface area (TPSA) is 89.5 Å². The van der Waals surface area contributed by atoms with E-state index in [0.29, 0.717) is 30.4 Å². The second kappa shape index (κ2) is 13.1. The maximum absolute atomic E-state index is 9.34. The molecule has 1 aromatic heterocycles. The van der Waals surface area contributed by atoms with E-state index in [4.69, 9.17) is 53.4 Å². The van der Waals surface area contributed by atoms with Crippen LogP contribution in [0.5, 0.6) is 5.75 Å². The Balaban J connectivity index is 1.48. The second-order valence-corrected chi connectivity index (χ2v) is 7.96. The normalized spacial score (nSPS) is 10.3. The Kier molecular flexibility index (Phi) is 9.90. The van der Waals surface area contributed by atoms with E-state index < -0.39 is 0 Å². The van der Waals surface area contributed by atoms with Gasteiger partial charge < -0.3 is 23.9 Å². The van der Waals surface area contributed by atoms with Crippen molar-refractivity contribution in [2.24, 2.45) is 0 Å². The van der Waals surface area contributed by atoms with E-state index in [-0.39, 0.29) is 40.7 Å². The molecule has 0 aliphatic heterocycles. The van der Waals surface area contributed by atoms with E-state index in [1.165, 1.54) is 6.07 Å². The molecule has 7 nitrogen and oxygen atoms in total. The molecule has 1 N–H and O–H groups in total. The minimum atomic E-state index is 0.0647. The van der Waals surface area contributed by atoms with Crippen LogP contribution in [0.15, 0.2) is 40.8 Å². The fourth-order valence-corrected chi connectivity index (χ4v) is 3.41. The molecule has 176 valence electrons. The standard InChI is InChI=1S/C24H20Cl3N3O4/c1-31-10-11-33-18-6-4-16(5-7-18)15-32-9-3-2-8-29-24-21(14-28)30-23(34-24)19-12-17(25)13-20(26)22(19)27/h4-7,12-13,29H,8-11,15H2,1H3. The number of benzene rings is 2. The lowest BCUT2D eigenvalue weighted by molar-refractivity contribution is 0.146. The quantitative estimate of drug-likeness (QED) is 0.204. The van der Waals surface area contributed by atoms with E-state index in [0.717, 1.165) is 11.3 Å². The number of aromatic nitrogens is 1. The highest BCUT2D eigenvalue weighted by Gasteiger charge is 2.18. The molecule has 0 bridgehead atoms. The van der Waals surface area contributed by atoms with Crippen LogP contribution in [-0.4, -0.2) is 38.5 Å². The monoisotopic (exact) mass is 519 g/mol. The molecule has 0 unspecified atom stereocenters. The van der Waals surface area contributed by atoms with Crippen LogP contribution in [-0.2, 0) is 16.1 Å². The molecular formula is C24H20Cl3N3O4. The van der Waals surface area contributed by atoms with E-state index in [1.807, 2.05) is 30.3 Å². The summed E-state index contributed by atoms with van der Waals surface area (Å²) in [6, 6.07) is 12.7. The van der Waals surface area contributed by atoms with Crippen molar-refractivity contribution in [2.75, 3.05) is 38.8 Å². The highest BCUT2D eigenvalue weighted by molar-refractivity contribution is 6.44. The smallest absolute Gasteiger partial charge is 0.233 e. The predicted molar refractivity (Wildman–Crippen MR) is 131 cm³/mol.